The van der Waals surface area contributed by atoms with E-state index >= 15 is 0 Å². The molecule has 1 amide bonds. The van der Waals surface area contributed by atoms with Crippen molar-refractivity contribution in [2.24, 2.45) is 0 Å². The Bertz CT molecular complexity index is 940. The number of nitrogens with one attached hydrogen (secondary N) is 1. The van der Waals surface area contributed by atoms with Gasteiger partial charge in [0.25, 0.3) is 0 Å². The van der Waals surface area contributed by atoms with Gasteiger partial charge in [0.05, 0.1) is 5.69 Å². The predicted octanol–water partition coefficient (Wildman–Crippen LogP) is 3.19. The van der Waals surface area contributed by atoms with Gasteiger partial charge in [0, 0.05) is 24.5 Å². The molecule has 1 N–H and O–H groups in total. The van der Waals surface area contributed by atoms with Crippen molar-refractivity contribution in [2.75, 3.05) is 18.0 Å². The Morgan fingerprint density at radius 3 is 2.58 bits per heavy atom. The van der Waals surface area contributed by atoms with Gasteiger partial charge in [-0.1, -0.05) is 45.8 Å². The van der Waals surface area contributed by atoms with Gasteiger partial charge in [0.1, 0.15) is 4.90 Å². The molecule has 0 aromatic heterocycles. The van der Waals surface area contributed by atoms with Crippen molar-refractivity contribution in [2.45, 2.75) is 31.6 Å². The lowest BCUT2D eigenvalue weighted by atomic mass is 10.1. The summed E-state index contributed by atoms with van der Waals surface area (Å²) in [7, 11) is -3.73. The molecular formula is C19H21BrN2O3S. The van der Waals surface area contributed by atoms with Crippen LogP contribution < -0.4 is 9.62 Å². The van der Waals surface area contributed by atoms with E-state index in [4.69, 9.17) is 0 Å². The number of halogens is 1. The first-order chi connectivity index (χ1) is 12.3. The average Bonchev–Trinajstić information content (AvgIpc) is 2.99. The average molecular weight is 437 g/mol. The molecule has 0 bridgehead atoms. The van der Waals surface area contributed by atoms with Crippen molar-refractivity contribution in [3.63, 3.8) is 0 Å². The van der Waals surface area contributed by atoms with E-state index in [1.807, 2.05) is 37.3 Å². The highest BCUT2D eigenvalue weighted by Crippen LogP contribution is 2.37. The number of hydrogen-bond donors (Lipinski definition) is 1. The molecule has 2 aromatic carbocycles. The van der Waals surface area contributed by atoms with Crippen LogP contribution in [0, 0.1) is 6.92 Å². The van der Waals surface area contributed by atoms with E-state index in [0.29, 0.717) is 36.1 Å². The van der Waals surface area contributed by atoms with Gasteiger partial charge < -0.3 is 4.90 Å². The van der Waals surface area contributed by atoms with E-state index in [9.17, 15) is 13.2 Å². The first-order valence-corrected chi connectivity index (χ1v) is 10.7. The summed E-state index contributed by atoms with van der Waals surface area (Å²) in [5.74, 6) is -0.151. The summed E-state index contributed by atoms with van der Waals surface area (Å²) in [6, 6.07) is 11.5. The Balaban J connectivity index is 1.83. The second-order valence-corrected chi connectivity index (χ2v) is 9.12. The smallest absolute Gasteiger partial charge is 0.242 e. The maximum Gasteiger partial charge on any atom is 0.242 e. The number of nitrogens with zero attached hydrogens (tertiary/aromatic N) is 1. The van der Waals surface area contributed by atoms with Crippen LogP contribution in [0.25, 0.3) is 0 Å². The monoisotopic (exact) mass is 436 g/mol. The van der Waals surface area contributed by atoms with Gasteiger partial charge in [-0.05, 0) is 43.0 Å². The fourth-order valence-electron chi connectivity index (χ4n) is 3.15. The summed E-state index contributed by atoms with van der Waals surface area (Å²) in [6.45, 7) is 4.28. The van der Waals surface area contributed by atoms with Gasteiger partial charge >= 0.3 is 0 Å². The number of anilines is 1. The molecule has 26 heavy (non-hydrogen) atoms. The molecule has 5 nitrogen and oxygen atoms in total. The third-order valence-corrected chi connectivity index (χ3v) is 6.42. The molecule has 0 saturated heterocycles. The van der Waals surface area contributed by atoms with Gasteiger partial charge in [-0.3, -0.25) is 4.79 Å². The molecule has 138 valence electrons. The zero-order valence-corrected chi connectivity index (χ0v) is 17.2. The second-order valence-electron chi connectivity index (χ2n) is 6.47. The largest absolute Gasteiger partial charge is 0.311 e. The van der Waals surface area contributed by atoms with Crippen LogP contribution >= 0.6 is 15.9 Å². The summed E-state index contributed by atoms with van der Waals surface area (Å²) in [4.78, 5) is 13.6. The number of rotatable bonds is 5. The molecule has 1 heterocycles. The number of carbonyl (C=O) groups excluding carboxylic acids is 1. The summed E-state index contributed by atoms with van der Waals surface area (Å²) < 4.78 is 29.1. The maximum absolute atomic E-state index is 12.9. The first kappa shape index (κ1) is 19.1. The molecule has 0 fully saturated rings. The van der Waals surface area contributed by atoms with Crippen molar-refractivity contribution >= 4 is 37.5 Å². The predicted molar refractivity (Wildman–Crippen MR) is 106 cm³/mol. The van der Waals surface area contributed by atoms with Crippen LogP contribution in [0.1, 0.15) is 23.6 Å². The van der Waals surface area contributed by atoms with Crippen molar-refractivity contribution in [3.8, 4) is 0 Å². The summed E-state index contributed by atoms with van der Waals surface area (Å²) in [5.41, 5.74) is 3.61. The van der Waals surface area contributed by atoms with Crippen molar-refractivity contribution in [1.82, 2.24) is 4.72 Å². The summed E-state index contributed by atoms with van der Waals surface area (Å²) >= 11 is 3.38. The van der Waals surface area contributed by atoms with Crippen molar-refractivity contribution in [3.05, 3.63) is 57.6 Å². The first-order valence-electron chi connectivity index (χ1n) is 8.43. The van der Waals surface area contributed by atoms with E-state index in [-0.39, 0.29) is 10.8 Å². The number of aryl methyl sites for hydroxylation is 1. The number of benzene rings is 2. The highest BCUT2D eigenvalue weighted by atomic mass is 79.9. The zero-order valence-electron chi connectivity index (χ0n) is 14.8. The third kappa shape index (κ3) is 4.00. The number of hydrogen-bond acceptors (Lipinski definition) is 3. The van der Waals surface area contributed by atoms with Crippen LogP contribution in [0.3, 0.4) is 0 Å². The molecule has 1 aliphatic rings. The van der Waals surface area contributed by atoms with E-state index in [1.54, 1.807) is 6.07 Å². The minimum absolute atomic E-state index is 0.151. The second kappa shape index (κ2) is 7.50. The van der Waals surface area contributed by atoms with Gasteiger partial charge in [-0.15, -0.1) is 0 Å². The van der Waals surface area contributed by atoms with Crippen molar-refractivity contribution < 1.29 is 13.2 Å². The van der Waals surface area contributed by atoms with Crippen LogP contribution in [0.4, 0.5) is 5.69 Å². The Morgan fingerprint density at radius 2 is 1.92 bits per heavy atom. The molecule has 3 rings (SSSR count). The Hall–Kier alpha value is -1.70. The summed E-state index contributed by atoms with van der Waals surface area (Å²) in [5, 5.41) is 0. The van der Waals surface area contributed by atoms with Gasteiger partial charge in [-0.25, -0.2) is 13.1 Å². The molecule has 0 aliphatic carbocycles. The minimum atomic E-state index is -3.73. The molecule has 2 aromatic rings. The van der Waals surface area contributed by atoms with E-state index in [0.717, 1.165) is 11.1 Å². The molecule has 0 saturated carbocycles. The Labute approximate surface area is 162 Å². The lowest BCUT2D eigenvalue weighted by Gasteiger charge is -2.19. The Morgan fingerprint density at radius 1 is 1.23 bits per heavy atom. The molecule has 0 spiro atoms. The van der Waals surface area contributed by atoms with Crippen LogP contribution in [-0.2, 0) is 27.7 Å². The highest BCUT2D eigenvalue weighted by Gasteiger charge is 2.31. The van der Waals surface area contributed by atoms with Crippen LogP contribution in [0.15, 0.2) is 45.8 Å². The summed E-state index contributed by atoms with van der Waals surface area (Å²) in [6.07, 6.45) is 1.26. The lowest BCUT2D eigenvalue weighted by molar-refractivity contribution is -0.116. The molecule has 0 unspecified atom stereocenters. The van der Waals surface area contributed by atoms with Crippen molar-refractivity contribution in [1.29, 1.82) is 0 Å². The highest BCUT2D eigenvalue weighted by molar-refractivity contribution is 9.10. The standard InChI is InChI=1S/C19H21BrN2O3S/c1-13-3-5-15(6-4-13)7-9-21-26(24,25)18-12-17(20)11-16-8-10-22(14(2)23)19(16)18/h3-6,11-12,21H,7-10H2,1-2H3. The van der Waals surface area contributed by atoms with E-state index < -0.39 is 10.0 Å². The van der Waals surface area contributed by atoms with Crippen LogP contribution in [-0.4, -0.2) is 27.4 Å². The fourth-order valence-corrected chi connectivity index (χ4v) is 5.11. The normalized spacial score (nSPS) is 13.7. The quantitative estimate of drug-likeness (QED) is 0.782. The van der Waals surface area contributed by atoms with Gasteiger partial charge in [0.2, 0.25) is 15.9 Å². The van der Waals surface area contributed by atoms with Gasteiger partial charge in [0.15, 0.2) is 0 Å². The lowest BCUT2D eigenvalue weighted by Crippen LogP contribution is -2.31. The molecule has 1 aliphatic heterocycles. The van der Waals surface area contributed by atoms with Crippen LogP contribution in [0.5, 0.6) is 0 Å². The zero-order chi connectivity index (χ0) is 18.9. The maximum atomic E-state index is 12.9. The van der Waals surface area contributed by atoms with Crippen LogP contribution in [0.2, 0.25) is 0 Å². The number of amides is 1. The minimum Gasteiger partial charge on any atom is -0.311 e. The molecule has 7 heteroatoms. The third-order valence-electron chi connectivity index (χ3n) is 4.49. The Kier molecular flexibility index (Phi) is 5.50. The van der Waals surface area contributed by atoms with Gasteiger partial charge in [-0.2, -0.15) is 0 Å². The molecule has 0 atom stereocenters. The number of sulfonamides is 1. The topological polar surface area (TPSA) is 66.5 Å². The van der Waals surface area contributed by atoms with E-state index in [1.165, 1.54) is 17.4 Å². The van der Waals surface area contributed by atoms with E-state index in [2.05, 4.69) is 20.7 Å². The number of carbonyl (C=O) groups is 1. The fraction of sp³-hybridized carbons (Fsp3) is 0.316. The molecular weight excluding hydrogens is 416 g/mol. The SMILES string of the molecule is CC(=O)N1CCc2cc(Br)cc(S(=O)(=O)NCCc3ccc(C)cc3)c21. The molecule has 0 radical (unpaired) electrons. The number of fused-ring (bicyclic) bond motifs is 1.